The van der Waals surface area contributed by atoms with Crippen molar-refractivity contribution in [3.05, 3.63) is 64.1 Å². The Labute approximate surface area is 200 Å². The fraction of sp³-hybridized carbons (Fsp3) is 0.462. The Balaban J connectivity index is 2.18. The van der Waals surface area contributed by atoms with E-state index in [2.05, 4.69) is 48.9 Å². The molecule has 0 radical (unpaired) electrons. The van der Waals surface area contributed by atoms with E-state index in [9.17, 15) is 9.59 Å². The molecule has 1 N–H and O–H groups in total. The molecule has 0 heterocycles. The second kappa shape index (κ2) is 12.0. The fourth-order valence-corrected chi connectivity index (χ4v) is 3.60. The molecule has 0 fully saturated rings. The van der Waals surface area contributed by atoms with Crippen molar-refractivity contribution in [1.29, 1.82) is 0 Å². The molecule has 2 aromatic carbocycles. The van der Waals surface area contributed by atoms with E-state index in [1.807, 2.05) is 48.5 Å². The first-order valence-corrected chi connectivity index (χ1v) is 12.0. The molecular formula is C26H35BrN2O3. The van der Waals surface area contributed by atoms with Gasteiger partial charge in [-0.05, 0) is 48.1 Å². The highest BCUT2D eigenvalue weighted by molar-refractivity contribution is 9.10. The van der Waals surface area contributed by atoms with Gasteiger partial charge in [-0.2, -0.15) is 0 Å². The maximum atomic E-state index is 13.2. The van der Waals surface area contributed by atoms with E-state index in [0.29, 0.717) is 18.8 Å². The molecule has 2 amide bonds. The Hall–Kier alpha value is -2.34. The zero-order chi connectivity index (χ0) is 23.7. The summed E-state index contributed by atoms with van der Waals surface area (Å²) in [6.07, 6.45) is 1.91. The van der Waals surface area contributed by atoms with E-state index in [0.717, 1.165) is 28.4 Å². The second-order valence-corrected chi connectivity index (χ2v) is 9.92. The number of carbonyl (C=O) groups excluding carboxylic acids is 2. The highest BCUT2D eigenvalue weighted by Gasteiger charge is 2.27. The standard InChI is InChI=1S/C26H35BrN2O3/c1-6-7-16-28-25(31)19(2)29(17-20-12-14-21(27)15-13-20)24(30)18-32-23-11-9-8-10-22(23)26(3,4)5/h8-15,19H,6-7,16-18H2,1-5H3,(H,28,31)/t19-/m1/s1. The lowest BCUT2D eigenvalue weighted by atomic mass is 9.86. The van der Waals surface area contributed by atoms with Crippen molar-refractivity contribution in [2.45, 2.75) is 65.5 Å². The van der Waals surface area contributed by atoms with Gasteiger partial charge in [0.05, 0.1) is 0 Å². The number of para-hydroxylation sites is 1. The van der Waals surface area contributed by atoms with Crippen molar-refractivity contribution in [2.24, 2.45) is 0 Å². The van der Waals surface area contributed by atoms with Crippen LogP contribution < -0.4 is 10.1 Å². The molecule has 0 aromatic heterocycles. The lowest BCUT2D eigenvalue weighted by Crippen LogP contribution is -2.49. The van der Waals surface area contributed by atoms with Crippen LogP contribution in [0.4, 0.5) is 0 Å². The fourth-order valence-electron chi connectivity index (χ4n) is 3.34. The second-order valence-electron chi connectivity index (χ2n) is 9.00. The molecule has 174 valence electrons. The summed E-state index contributed by atoms with van der Waals surface area (Å²) in [5.41, 5.74) is 1.88. The maximum Gasteiger partial charge on any atom is 0.261 e. The summed E-state index contributed by atoms with van der Waals surface area (Å²) in [6.45, 7) is 11.0. The Morgan fingerprint density at radius 1 is 1.09 bits per heavy atom. The minimum atomic E-state index is -0.607. The SMILES string of the molecule is CCCCNC(=O)[C@@H](C)N(Cc1ccc(Br)cc1)C(=O)COc1ccccc1C(C)(C)C. The van der Waals surface area contributed by atoms with E-state index in [-0.39, 0.29) is 23.8 Å². The summed E-state index contributed by atoms with van der Waals surface area (Å²) in [5, 5.41) is 2.94. The van der Waals surface area contributed by atoms with Gasteiger partial charge in [-0.3, -0.25) is 9.59 Å². The third-order valence-electron chi connectivity index (χ3n) is 5.31. The van der Waals surface area contributed by atoms with Crippen LogP contribution in [0, 0.1) is 0 Å². The van der Waals surface area contributed by atoms with Gasteiger partial charge >= 0.3 is 0 Å². The number of nitrogens with zero attached hydrogens (tertiary/aromatic N) is 1. The zero-order valence-corrected chi connectivity index (χ0v) is 21.4. The van der Waals surface area contributed by atoms with Gasteiger partial charge in [-0.1, -0.05) is 80.4 Å². The maximum absolute atomic E-state index is 13.2. The van der Waals surface area contributed by atoms with Crippen LogP contribution in [0.3, 0.4) is 0 Å². The van der Waals surface area contributed by atoms with Crippen LogP contribution in [-0.2, 0) is 21.5 Å². The third kappa shape index (κ3) is 7.66. The normalized spacial score (nSPS) is 12.2. The summed E-state index contributed by atoms with van der Waals surface area (Å²) in [6, 6.07) is 14.9. The molecule has 0 aliphatic carbocycles. The van der Waals surface area contributed by atoms with Crippen LogP contribution in [-0.4, -0.2) is 35.9 Å². The van der Waals surface area contributed by atoms with Gasteiger partial charge in [-0.15, -0.1) is 0 Å². The number of nitrogens with one attached hydrogen (secondary N) is 1. The minimum Gasteiger partial charge on any atom is -0.483 e. The first kappa shape index (κ1) is 25.9. The van der Waals surface area contributed by atoms with Gasteiger partial charge in [0.25, 0.3) is 5.91 Å². The number of amides is 2. The molecule has 5 nitrogen and oxygen atoms in total. The largest absolute Gasteiger partial charge is 0.483 e. The van der Waals surface area contributed by atoms with E-state index < -0.39 is 6.04 Å². The van der Waals surface area contributed by atoms with Crippen molar-refractivity contribution in [3.63, 3.8) is 0 Å². The lowest BCUT2D eigenvalue weighted by Gasteiger charge is -2.29. The van der Waals surface area contributed by atoms with E-state index in [1.54, 1.807) is 11.8 Å². The number of rotatable bonds is 10. The molecule has 32 heavy (non-hydrogen) atoms. The van der Waals surface area contributed by atoms with Gasteiger partial charge in [0.2, 0.25) is 5.91 Å². The number of unbranched alkanes of at least 4 members (excludes halogenated alkanes) is 1. The first-order chi connectivity index (χ1) is 15.1. The molecule has 0 saturated carbocycles. The van der Waals surface area contributed by atoms with Crippen molar-refractivity contribution in [3.8, 4) is 5.75 Å². The molecule has 6 heteroatoms. The Morgan fingerprint density at radius 2 is 1.75 bits per heavy atom. The minimum absolute atomic E-state index is 0.108. The van der Waals surface area contributed by atoms with Gasteiger partial charge in [0.15, 0.2) is 6.61 Å². The summed E-state index contributed by atoms with van der Waals surface area (Å²) in [5.74, 6) is 0.311. The van der Waals surface area contributed by atoms with Crippen LogP contribution in [0.25, 0.3) is 0 Å². The van der Waals surface area contributed by atoms with Gasteiger partial charge in [-0.25, -0.2) is 0 Å². The molecule has 0 bridgehead atoms. The summed E-state index contributed by atoms with van der Waals surface area (Å²) in [7, 11) is 0. The predicted octanol–water partition coefficient (Wildman–Crippen LogP) is 5.46. The average Bonchev–Trinajstić information content (AvgIpc) is 2.76. The monoisotopic (exact) mass is 502 g/mol. The van der Waals surface area contributed by atoms with Crippen LogP contribution >= 0.6 is 15.9 Å². The van der Waals surface area contributed by atoms with Crippen molar-refractivity contribution in [1.82, 2.24) is 10.2 Å². The summed E-state index contributed by atoms with van der Waals surface area (Å²) in [4.78, 5) is 27.5. The zero-order valence-electron chi connectivity index (χ0n) is 19.8. The van der Waals surface area contributed by atoms with Crippen LogP contribution in [0.2, 0.25) is 0 Å². The highest BCUT2D eigenvalue weighted by Crippen LogP contribution is 2.31. The molecule has 2 rings (SSSR count). The smallest absolute Gasteiger partial charge is 0.261 e. The van der Waals surface area contributed by atoms with Crippen molar-refractivity contribution < 1.29 is 14.3 Å². The lowest BCUT2D eigenvalue weighted by molar-refractivity contribution is -0.142. The molecule has 0 unspecified atom stereocenters. The third-order valence-corrected chi connectivity index (χ3v) is 5.84. The Kier molecular flexibility index (Phi) is 9.76. The number of ether oxygens (including phenoxy) is 1. The molecule has 2 aromatic rings. The number of hydrogen-bond donors (Lipinski definition) is 1. The summed E-state index contributed by atoms with van der Waals surface area (Å²) < 4.78 is 6.93. The Morgan fingerprint density at radius 3 is 2.38 bits per heavy atom. The predicted molar refractivity (Wildman–Crippen MR) is 133 cm³/mol. The van der Waals surface area contributed by atoms with Crippen molar-refractivity contribution >= 4 is 27.7 Å². The Bertz CT molecular complexity index is 891. The topological polar surface area (TPSA) is 58.6 Å². The van der Waals surface area contributed by atoms with Gasteiger partial charge in [0, 0.05) is 17.6 Å². The number of benzene rings is 2. The highest BCUT2D eigenvalue weighted by atomic mass is 79.9. The average molecular weight is 503 g/mol. The van der Waals surface area contributed by atoms with E-state index in [4.69, 9.17) is 4.74 Å². The molecule has 0 spiro atoms. The summed E-state index contributed by atoms with van der Waals surface area (Å²) >= 11 is 3.44. The molecular weight excluding hydrogens is 468 g/mol. The van der Waals surface area contributed by atoms with Crippen LogP contribution in [0.1, 0.15) is 58.6 Å². The number of hydrogen-bond acceptors (Lipinski definition) is 3. The van der Waals surface area contributed by atoms with Crippen LogP contribution in [0.15, 0.2) is 53.0 Å². The van der Waals surface area contributed by atoms with Gasteiger partial charge in [0.1, 0.15) is 11.8 Å². The van der Waals surface area contributed by atoms with Gasteiger partial charge < -0.3 is 15.0 Å². The van der Waals surface area contributed by atoms with E-state index >= 15 is 0 Å². The van der Waals surface area contributed by atoms with Crippen LogP contribution in [0.5, 0.6) is 5.75 Å². The molecule has 0 aliphatic heterocycles. The molecule has 1 atom stereocenters. The number of carbonyl (C=O) groups is 2. The molecule has 0 aliphatic rings. The first-order valence-electron chi connectivity index (χ1n) is 11.2. The van der Waals surface area contributed by atoms with E-state index in [1.165, 1.54) is 0 Å². The number of halogens is 1. The van der Waals surface area contributed by atoms with Crippen molar-refractivity contribution in [2.75, 3.05) is 13.2 Å². The molecule has 0 saturated heterocycles. The quantitative estimate of drug-likeness (QED) is 0.438.